The van der Waals surface area contributed by atoms with E-state index in [4.69, 9.17) is 16.3 Å². The van der Waals surface area contributed by atoms with Crippen LogP contribution in [0.4, 0.5) is 0 Å². The second kappa shape index (κ2) is 8.70. The van der Waals surface area contributed by atoms with Crippen LogP contribution >= 0.6 is 11.6 Å². The molecule has 0 spiro atoms. The highest BCUT2D eigenvalue weighted by Crippen LogP contribution is 2.37. The minimum atomic E-state index is 0.0245. The van der Waals surface area contributed by atoms with Crippen molar-refractivity contribution < 1.29 is 9.53 Å². The number of nitrogens with one attached hydrogen (secondary N) is 1. The lowest BCUT2D eigenvalue weighted by Crippen LogP contribution is -2.31. The number of ether oxygens (including phenoxy) is 1. The van der Waals surface area contributed by atoms with Crippen LogP contribution in [0.3, 0.4) is 0 Å². The number of aryl methyl sites for hydroxylation is 1. The maximum Gasteiger partial charge on any atom is 0.223 e. The number of benzene rings is 2. The number of rotatable bonds is 6. The SMILES string of the molecule is COc1cccc(-c2cn[nH]c2C2CCCN2C(=O)CCc2ccc(Cl)cc2)c1. The van der Waals surface area contributed by atoms with E-state index < -0.39 is 0 Å². The molecule has 0 aliphatic carbocycles. The van der Waals surface area contributed by atoms with E-state index in [1.54, 1.807) is 7.11 Å². The summed E-state index contributed by atoms with van der Waals surface area (Å²) in [6.07, 6.45) is 4.96. The van der Waals surface area contributed by atoms with Crippen LogP contribution in [0.1, 0.15) is 36.6 Å². The largest absolute Gasteiger partial charge is 0.497 e. The van der Waals surface area contributed by atoms with Crippen LogP contribution in [0, 0.1) is 0 Å². The van der Waals surface area contributed by atoms with Gasteiger partial charge in [-0.2, -0.15) is 5.10 Å². The molecule has 1 fully saturated rings. The quantitative estimate of drug-likeness (QED) is 0.620. The first-order chi connectivity index (χ1) is 14.2. The van der Waals surface area contributed by atoms with Crippen molar-refractivity contribution in [2.75, 3.05) is 13.7 Å². The summed E-state index contributed by atoms with van der Waals surface area (Å²) in [6, 6.07) is 15.6. The fourth-order valence-electron chi connectivity index (χ4n) is 3.98. The lowest BCUT2D eigenvalue weighted by molar-refractivity contribution is -0.132. The topological polar surface area (TPSA) is 58.2 Å². The Morgan fingerprint density at radius 3 is 2.90 bits per heavy atom. The number of hydrogen-bond donors (Lipinski definition) is 1. The Labute approximate surface area is 175 Å². The number of likely N-dealkylation sites (tertiary alicyclic amines) is 1. The van der Waals surface area contributed by atoms with E-state index in [9.17, 15) is 4.79 Å². The van der Waals surface area contributed by atoms with Crippen molar-refractivity contribution in [3.8, 4) is 16.9 Å². The summed E-state index contributed by atoms with van der Waals surface area (Å²) in [6.45, 7) is 0.778. The summed E-state index contributed by atoms with van der Waals surface area (Å²) in [5, 5.41) is 8.14. The van der Waals surface area contributed by atoms with E-state index in [-0.39, 0.29) is 11.9 Å². The normalized spacial score (nSPS) is 16.2. The maximum atomic E-state index is 13.0. The van der Waals surface area contributed by atoms with Gasteiger partial charge >= 0.3 is 0 Å². The molecule has 0 saturated carbocycles. The van der Waals surface area contributed by atoms with Gasteiger partial charge in [-0.1, -0.05) is 35.9 Å². The predicted molar refractivity (Wildman–Crippen MR) is 114 cm³/mol. The van der Waals surface area contributed by atoms with E-state index in [0.29, 0.717) is 17.9 Å². The molecule has 1 N–H and O–H groups in total. The fourth-order valence-corrected chi connectivity index (χ4v) is 4.11. The zero-order chi connectivity index (χ0) is 20.2. The molecular weight excluding hydrogens is 386 g/mol. The molecule has 4 rings (SSSR count). The lowest BCUT2D eigenvalue weighted by atomic mass is 10.0. The van der Waals surface area contributed by atoms with Gasteiger partial charge in [0.25, 0.3) is 0 Å². The summed E-state index contributed by atoms with van der Waals surface area (Å²) < 4.78 is 5.36. The van der Waals surface area contributed by atoms with Crippen molar-refractivity contribution in [2.45, 2.75) is 31.7 Å². The van der Waals surface area contributed by atoms with Crippen molar-refractivity contribution in [1.29, 1.82) is 0 Å². The number of H-pyrrole nitrogens is 1. The number of hydrogen-bond acceptors (Lipinski definition) is 3. The van der Waals surface area contributed by atoms with Crippen molar-refractivity contribution in [3.63, 3.8) is 0 Å². The number of methoxy groups -OCH3 is 1. The molecule has 1 aliphatic rings. The van der Waals surface area contributed by atoms with Crippen LogP contribution in [0.25, 0.3) is 11.1 Å². The monoisotopic (exact) mass is 409 g/mol. The van der Waals surface area contributed by atoms with Crippen LogP contribution in [-0.2, 0) is 11.2 Å². The maximum absolute atomic E-state index is 13.0. The fraction of sp³-hybridized carbons (Fsp3) is 0.304. The second-order valence-corrected chi connectivity index (χ2v) is 7.74. The van der Waals surface area contributed by atoms with Crippen LogP contribution in [-0.4, -0.2) is 34.7 Å². The van der Waals surface area contributed by atoms with Crippen LogP contribution in [0.2, 0.25) is 5.02 Å². The number of aromatic amines is 1. The van der Waals surface area contributed by atoms with Gasteiger partial charge in [-0.3, -0.25) is 9.89 Å². The highest BCUT2D eigenvalue weighted by molar-refractivity contribution is 6.30. The Kier molecular flexibility index (Phi) is 5.86. The zero-order valence-electron chi connectivity index (χ0n) is 16.4. The molecule has 29 heavy (non-hydrogen) atoms. The van der Waals surface area contributed by atoms with Crippen molar-refractivity contribution in [2.24, 2.45) is 0 Å². The molecule has 1 saturated heterocycles. The molecule has 1 atom stereocenters. The van der Waals surface area contributed by atoms with Gasteiger partial charge < -0.3 is 9.64 Å². The molecule has 5 nitrogen and oxygen atoms in total. The Morgan fingerprint density at radius 2 is 2.10 bits per heavy atom. The molecule has 3 aromatic rings. The van der Waals surface area contributed by atoms with E-state index >= 15 is 0 Å². The third-order valence-electron chi connectivity index (χ3n) is 5.50. The average molecular weight is 410 g/mol. The minimum absolute atomic E-state index is 0.0245. The second-order valence-electron chi connectivity index (χ2n) is 7.30. The average Bonchev–Trinajstić information content (AvgIpc) is 3.42. The van der Waals surface area contributed by atoms with Crippen LogP contribution in [0.5, 0.6) is 5.75 Å². The summed E-state index contributed by atoms with van der Waals surface area (Å²) in [5.41, 5.74) is 4.17. The van der Waals surface area contributed by atoms with Gasteiger partial charge in [0.05, 0.1) is 25.0 Å². The van der Waals surface area contributed by atoms with Gasteiger partial charge in [-0.25, -0.2) is 0 Å². The van der Waals surface area contributed by atoms with Gasteiger partial charge in [0, 0.05) is 23.6 Å². The molecule has 0 radical (unpaired) electrons. The first-order valence-electron chi connectivity index (χ1n) is 9.87. The number of amides is 1. The number of aromatic nitrogens is 2. The molecule has 1 unspecified atom stereocenters. The molecular formula is C23H24ClN3O2. The molecule has 0 bridgehead atoms. The predicted octanol–water partition coefficient (Wildman–Crippen LogP) is 5.04. The summed E-state index contributed by atoms with van der Waals surface area (Å²) >= 11 is 5.95. The lowest BCUT2D eigenvalue weighted by Gasteiger charge is -2.25. The Balaban J connectivity index is 1.50. The Hall–Kier alpha value is -2.79. The zero-order valence-corrected chi connectivity index (χ0v) is 17.2. The first kappa shape index (κ1) is 19.5. The van der Waals surface area contributed by atoms with E-state index in [1.165, 1.54) is 0 Å². The number of halogens is 1. The number of carbonyl (C=O) groups excluding carboxylic acids is 1. The number of carbonyl (C=O) groups is 1. The third kappa shape index (κ3) is 4.30. The van der Waals surface area contributed by atoms with Crippen molar-refractivity contribution in [1.82, 2.24) is 15.1 Å². The van der Waals surface area contributed by atoms with Crippen LogP contribution < -0.4 is 4.74 Å². The summed E-state index contributed by atoms with van der Waals surface area (Å²) in [5.74, 6) is 0.977. The molecule has 150 valence electrons. The highest BCUT2D eigenvalue weighted by Gasteiger charge is 2.32. The van der Waals surface area contributed by atoms with E-state index in [0.717, 1.165) is 47.5 Å². The molecule has 2 aromatic carbocycles. The van der Waals surface area contributed by atoms with Gasteiger partial charge in [-0.05, 0) is 54.7 Å². The molecule has 2 heterocycles. The van der Waals surface area contributed by atoms with Gasteiger partial charge in [-0.15, -0.1) is 0 Å². The van der Waals surface area contributed by atoms with Crippen molar-refractivity contribution >= 4 is 17.5 Å². The smallest absolute Gasteiger partial charge is 0.223 e. The first-order valence-corrected chi connectivity index (χ1v) is 10.2. The Morgan fingerprint density at radius 1 is 1.28 bits per heavy atom. The van der Waals surface area contributed by atoms with Gasteiger partial charge in [0.2, 0.25) is 5.91 Å². The molecule has 1 amide bonds. The van der Waals surface area contributed by atoms with Crippen molar-refractivity contribution in [3.05, 3.63) is 71.0 Å². The van der Waals surface area contributed by atoms with Gasteiger partial charge in [0.1, 0.15) is 5.75 Å². The minimum Gasteiger partial charge on any atom is -0.497 e. The molecule has 1 aliphatic heterocycles. The van der Waals surface area contributed by atoms with Gasteiger partial charge in [0.15, 0.2) is 0 Å². The van der Waals surface area contributed by atoms with Crippen LogP contribution in [0.15, 0.2) is 54.7 Å². The highest BCUT2D eigenvalue weighted by atomic mass is 35.5. The number of nitrogens with zero attached hydrogens (tertiary/aromatic N) is 2. The summed E-state index contributed by atoms with van der Waals surface area (Å²) in [4.78, 5) is 15.0. The van der Waals surface area contributed by atoms with E-state index in [2.05, 4.69) is 10.2 Å². The third-order valence-corrected chi connectivity index (χ3v) is 5.75. The standard InChI is InChI=1S/C23H24ClN3O2/c1-29-19-5-2-4-17(14-19)20-15-25-26-23(20)21-6-3-13-27(21)22(28)12-9-16-7-10-18(24)11-8-16/h2,4-5,7-8,10-11,14-15,21H,3,6,9,12-13H2,1H3,(H,25,26). The van der Waals surface area contributed by atoms with E-state index in [1.807, 2.05) is 59.6 Å². The molecule has 6 heteroatoms. The molecule has 1 aromatic heterocycles. The Bertz CT molecular complexity index is 984. The summed E-state index contributed by atoms with van der Waals surface area (Å²) in [7, 11) is 1.66.